The van der Waals surface area contributed by atoms with E-state index in [4.69, 9.17) is 21.4 Å². The molecule has 1 aromatic rings. The molecule has 0 spiro atoms. The van der Waals surface area contributed by atoms with Gasteiger partial charge < -0.3 is 15.2 Å². The molecule has 0 aliphatic heterocycles. The minimum Gasteiger partial charge on any atom is -0.495 e. The Kier molecular flexibility index (Phi) is 4.63. The molecule has 0 fully saturated rings. The molecule has 0 aliphatic rings. The van der Waals surface area contributed by atoms with E-state index in [1.165, 1.54) is 7.11 Å². The number of ether oxygens (including phenoxy) is 1. The lowest BCUT2D eigenvalue weighted by Crippen LogP contribution is -2.25. The molecule has 1 aromatic carbocycles. The Morgan fingerprint density at radius 1 is 1.59 bits per heavy atom. The number of carboxylic acid groups (broad SMARTS) is 1. The van der Waals surface area contributed by atoms with Gasteiger partial charge in [-0.15, -0.1) is 0 Å². The van der Waals surface area contributed by atoms with Crippen molar-refractivity contribution in [3.05, 3.63) is 22.7 Å². The second-order valence-electron chi connectivity index (χ2n) is 3.70. The second kappa shape index (κ2) is 5.77. The Labute approximate surface area is 106 Å². The van der Waals surface area contributed by atoms with E-state index in [0.29, 0.717) is 16.5 Å². The van der Waals surface area contributed by atoms with Gasteiger partial charge in [0.1, 0.15) is 11.8 Å². The number of aryl methyl sites for hydroxylation is 1. The highest BCUT2D eigenvalue weighted by Gasteiger charge is 2.14. The topological polar surface area (TPSA) is 58.6 Å². The van der Waals surface area contributed by atoms with E-state index >= 15 is 0 Å². The van der Waals surface area contributed by atoms with Gasteiger partial charge in [0.2, 0.25) is 0 Å². The van der Waals surface area contributed by atoms with Gasteiger partial charge in [0, 0.05) is 11.1 Å². The lowest BCUT2D eigenvalue weighted by Gasteiger charge is -2.16. The van der Waals surface area contributed by atoms with Crippen LogP contribution in [0.5, 0.6) is 5.75 Å². The summed E-state index contributed by atoms with van der Waals surface area (Å²) < 4.78 is 5.17. The van der Waals surface area contributed by atoms with Crippen LogP contribution in [-0.2, 0) is 11.2 Å². The molecular weight excluding hydrogens is 242 g/mol. The van der Waals surface area contributed by atoms with Crippen LogP contribution in [0.2, 0.25) is 5.02 Å². The molecule has 1 rings (SSSR count). The molecule has 1 unspecified atom stereocenters. The number of carbonyl (C=O) groups is 1. The van der Waals surface area contributed by atoms with Crippen LogP contribution < -0.4 is 10.1 Å². The van der Waals surface area contributed by atoms with E-state index in [9.17, 15) is 4.79 Å². The average molecular weight is 258 g/mol. The highest BCUT2D eigenvalue weighted by molar-refractivity contribution is 6.31. The fraction of sp³-hybridized carbons (Fsp3) is 0.417. The van der Waals surface area contributed by atoms with E-state index in [1.54, 1.807) is 13.0 Å². The minimum atomic E-state index is -0.917. The Morgan fingerprint density at radius 2 is 2.24 bits per heavy atom. The number of methoxy groups -OCH3 is 1. The lowest BCUT2D eigenvalue weighted by atomic mass is 10.1. The number of hydrogen-bond donors (Lipinski definition) is 2. The zero-order valence-electron chi connectivity index (χ0n) is 10.1. The maximum atomic E-state index is 10.8. The van der Waals surface area contributed by atoms with Gasteiger partial charge in [-0.2, -0.15) is 0 Å². The van der Waals surface area contributed by atoms with Crippen molar-refractivity contribution in [3.8, 4) is 5.75 Å². The van der Waals surface area contributed by atoms with E-state index in [1.807, 2.05) is 13.0 Å². The number of halogens is 1. The largest absolute Gasteiger partial charge is 0.495 e. The molecular formula is C12H16ClNO3. The fourth-order valence-corrected chi connectivity index (χ4v) is 1.73. The summed E-state index contributed by atoms with van der Waals surface area (Å²) >= 11 is 6.06. The van der Waals surface area contributed by atoms with Crippen LogP contribution in [0.25, 0.3) is 0 Å². The van der Waals surface area contributed by atoms with E-state index in [2.05, 4.69) is 5.32 Å². The van der Waals surface area contributed by atoms with Gasteiger partial charge in [-0.05, 0) is 25.0 Å². The fourth-order valence-electron chi connectivity index (χ4n) is 1.45. The first kappa shape index (κ1) is 13.6. The zero-order valence-corrected chi connectivity index (χ0v) is 10.8. The molecule has 94 valence electrons. The van der Waals surface area contributed by atoms with Crippen molar-refractivity contribution in [1.82, 2.24) is 0 Å². The monoisotopic (exact) mass is 257 g/mol. The zero-order chi connectivity index (χ0) is 13.0. The van der Waals surface area contributed by atoms with E-state index in [0.717, 1.165) is 12.0 Å². The summed E-state index contributed by atoms with van der Waals surface area (Å²) in [5, 5.41) is 12.4. The number of carboxylic acids is 1. The predicted octanol–water partition coefficient (Wildman–Crippen LogP) is 2.80. The first-order valence-corrected chi connectivity index (χ1v) is 5.73. The van der Waals surface area contributed by atoms with Gasteiger partial charge in [-0.3, -0.25) is 4.79 Å². The van der Waals surface area contributed by atoms with E-state index in [-0.39, 0.29) is 0 Å². The number of anilines is 1. The summed E-state index contributed by atoms with van der Waals surface area (Å²) in [5.41, 5.74) is 1.59. The molecule has 0 heterocycles. The number of benzene rings is 1. The molecule has 0 saturated carbocycles. The first-order chi connectivity index (χ1) is 7.99. The minimum absolute atomic E-state index is 0.542. The average Bonchev–Trinajstić information content (AvgIpc) is 2.30. The van der Waals surface area contributed by atoms with E-state index < -0.39 is 12.0 Å². The molecule has 0 amide bonds. The maximum absolute atomic E-state index is 10.8. The van der Waals surface area contributed by atoms with Crippen LogP contribution in [0.15, 0.2) is 12.1 Å². The summed E-state index contributed by atoms with van der Waals surface area (Å²) in [7, 11) is 1.52. The Hall–Kier alpha value is -1.42. The van der Waals surface area contributed by atoms with Gasteiger partial charge in [-0.25, -0.2) is 0 Å². The summed E-state index contributed by atoms with van der Waals surface area (Å²) in [4.78, 5) is 10.8. The maximum Gasteiger partial charge on any atom is 0.325 e. The smallest absolute Gasteiger partial charge is 0.325 e. The van der Waals surface area contributed by atoms with Gasteiger partial charge in [0.05, 0.1) is 12.8 Å². The van der Waals surface area contributed by atoms with Crippen LogP contribution in [-0.4, -0.2) is 24.2 Å². The van der Waals surface area contributed by atoms with Crippen LogP contribution >= 0.6 is 11.6 Å². The van der Waals surface area contributed by atoms with Crippen molar-refractivity contribution in [2.24, 2.45) is 0 Å². The number of nitrogens with one attached hydrogen (secondary N) is 1. The van der Waals surface area contributed by atoms with Crippen LogP contribution in [0.4, 0.5) is 5.69 Å². The normalized spacial score (nSPS) is 12.0. The third-order valence-corrected chi connectivity index (χ3v) is 2.84. The summed E-state index contributed by atoms with van der Waals surface area (Å²) in [6.07, 6.45) is 0.777. The molecule has 0 radical (unpaired) electrons. The van der Waals surface area contributed by atoms with Crippen LogP contribution in [0.1, 0.15) is 19.4 Å². The molecule has 17 heavy (non-hydrogen) atoms. The summed E-state index contributed by atoms with van der Waals surface area (Å²) in [5.74, 6) is -0.375. The number of rotatable bonds is 5. The van der Waals surface area contributed by atoms with Crippen molar-refractivity contribution in [2.45, 2.75) is 26.3 Å². The number of hydrogen-bond acceptors (Lipinski definition) is 3. The van der Waals surface area contributed by atoms with Gasteiger partial charge in [-0.1, -0.05) is 18.5 Å². The Morgan fingerprint density at radius 3 is 2.71 bits per heavy atom. The highest BCUT2D eigenvalue weighted by Crippen LogP contribution is 2.32. The molecule has 5 heteroatoms. The molecule has 0 aromatic heterocycles. The Bertz CT molecular complexity index is 420. The Balaban J connectivity index is 3.08. The first-order valence-electron chi connectivity index (χ1n) is 5.35. The molecule has 1 atom stereocenters. The van der Waals surface area contributed by atoms with Crippen molar-refractivity contribution in [1.29, 1.82) is 0 Å². The van der Waals surface area contributed by atoms with Crippen LogP contribution in [0, 0.1) is 0 Å². The predicted molar refractivity (Wildman–Crippen MR) is 68.1 cm³/mol. The van der Waals surface area contributed by atoms with Crippen molar-refractivity contribution >= 4 is 23.3 Å². The van der Waals surface area contributed by atoms with Gasteiger partial charge in [0.15, 0.2) is 0 Å². The third-order valence-electron chi connectivity index (χ3n) is 2.49. The second-order valence-corrected chi connectivity index (χ2v) is 4.11. The van der Waals surface area contributed by atoms with Gasteiger partial charge >= 0.3 is 5.97 Å². The lowest BCUT2D eigenvalue weighted by molar-refractivity contribution is -0.137. The standard InChI is InChI=1S/C12H16ClNO3/c1-4-8-5-10(14-7(2)12(15)16)11(17-3)6-9(8)13/h5-7,14H,4H2,1-3H3,(H,15,16). The molecule has 0 aliphatic carbocycles. The SMILES string of the molecule is CCc1cc(NC(C)C(=O)O)c(OC)cc1Cl. The third kappa shape index (κ3) is 3.27. The molecule has 4 nitrogen and oxygen atoms in total. The van der Waals surface area contributed by atoms with Crippen molar-refractivity contribution in [3.63, 3.8) is 0 Å². The summed E-state index contributed by atoms with van der Waals surface area (Å²) in [6.45, 7) is 3.56. The van der Waals surface area contributed by atoms with Gasteiger partial charge in [0.25, 0.3) is 0 Å². The van der Waals surface area contributed by atoms with Crippen LogP contribution in [0.3, 0.4) is 0 Å². The molecule has 0 bridgehead atoms. The quantitative estimate of drug-likeness (QED) is 0.852. The van der Waals surface area contributed by atoms with Crippen molar-refractivity contribution < 1.29 is 14.6 Å². The highest BCUT2D eigenvalue weighted by atomic mass is 35.5. The molecule has 0 saturated heterocycles. The number of aliphatic carboxylic acids is 1. The molecule has 2 N–H and O–H groups in total. The van der Waals surface area contributed by atoms with Crippen molar-refractivity contribution in [2.75, 3.05) is 12.4 Å². The summed E-state index contributed by atoms with van der Waals surface area (Å²) in [6, 6.07) is 2.83.